The maximum atomic E-state index is 12.3. The minimum Gasteiger partial charge on any atom is -0.458 e. The van der Waals surface area contributed by atoms with E-state index >= 15 is 0 Å². The van der Waals surface area contributed by atoms with E-state index < -0.39 is 29.9 Å². The second-order valence-electron chi connectivity index (χ2n) is 12.4. The molecule has 0 bridgehead atoms. The summed E-state index contributed by atoms with van der Waals surface area (Å²) in [4.78, 5) is 24.4. The van der Waals surface area contributed by atoms with Crippen molar-refractivity contribution in [2.75, 3.05) is 7.11 Å². The largest absolute Gasteiger partial charge is 0.458 e. The van der Waals surface area contributed by atoms with E-state index in [0.717, 1.165) is 11.1 Å². The van der Waals surface area contributed by atoms with E-state index in [0.29, 0.717) is 34.8 Å². The van der Waals surface area contributed by atoms with Gasteiger partial charge in [0.2, 0.25) is 5.79 Å². The summed E-state index contributed by atoms with van der Waals surface area (Å²) < 4.78 is 24.3. The maximum absolute atomic E-state index is 12.3. The molecule has 0 amide bonds. The number of hydrogen-bond acceptors (Lipinski definition) is 6. The van der Waals surface area contributed by atoms with Crippen LogP contribution in [-0.4, -0.2) is 37.4 Å². The SMILES string of the molecule is CC[C@H]1OC(OC)(c2ccc(Cl)c(Cc3ccc(C4CCC5(CC4)CC5)cc3)c2)[C@H](OC(C)=O)[C@@H](OC(C)=O)[C@@H]1C. The molecule has 5 rings (SSSR count). The van der Waals surface area contributed by atoms with Gasteiger partial charge in [0.15, 0.2) is 6.10 Å². The van der Waals surface area contributed by atoms with Crippen LogP contribution in [0.3, 0.4) is 0 Å². The van der Waals surface area contributed by atoms with Crippen LogP contribution in [0.2, 0.25) is 5.02 Å². The highest BCUT2D eigenvalue weighted by Crippen LogP contribution is 2.58. The number of esters is 2. The van der Waals surface area contributed by atoms with Crippen molar-refractivity contribution in [2.24, 2.45) is 11.3 Å². The highest BCUT2D eigenvalue weighted by atomic mass is 35.5. The number of methoxy groups -OCH3 is 1. The second kappa shape index (κ2) is 12.1. The van der Waals surface area contributed by atoms with Crippen LogP contribution in [0.4, 0.5) is 0 Å². The lowest BCUT2D eigenvalue weighted by molar-refractivity contribution is -0.356. The van der Waals surface area contributed by atoms with Crippen LogP contribution in [0.5, 0.6) is 0 Å². The molecule has 3 fully saturated rings. The first kappa shape index (κ1) is 30.1. The van der Waals surface area contributed by atoms with Crippen molar-refractivity contribution in [3.05, 3.63) is 69.7 Å². The van der Waals surface area contributed by atoms with E-state index in [2.05, 4.69) is 24.3 Å². The maximum Gasteiger partial charge on any atom is 0.303 e. The monoisotopic (exact) mass is 582 g/mol. The van der Waals surface area contributed by atoms with Crippen LogP contribution in [0.15, 0.2) is 42.5 Å². The van der Waals surface area contributed by atoms with E-state index in [1.54, 1.807) is 0 Å². The molecule has 1 spiro atoms. The minimum absolute atomic E-state index is 0.221. The molecule has 7 heteroatoms. The average molecular weight is 583 g/mol. The number of rotatable bonds is 8. The van der Waals surface area contributed by atoms with Crippen molar-refractivity contribution in [3.8, 4) is 0 Å². The van der Waals surface area contributed by atoms with Crippen LogP contribution < -0.4 is 0 Å². The predicted molar refractivity (Wildman–Crippen MR) is 158 cm³/mol. The smallest absolute Gasteiger partial charge is 0.303 e. The Labute approximate surface area is 249 Å². The summed E-state index contributed by atoms with van der Waals surface area (Å²) in [5.74, 6) is -2.02. The van der Waals surface area contributed by atoms with E-state index in [4.69, 9.17) is 30.5 Å². The summed E-state index contributed by atoms with van der Waals surface area (Å²) in [6.45, 7) is 6.63. The Morgan fingerprint density at radius 1 is 0.976 bits per heavy atom. The lowest BCUT2D eigenvalue weighted by Crippen LogP contribution is -2.62. The van der Waals surface area contributed by atoms with Gasteiger partial charge in [0.05, 0.1) is 6.10 Å². The van der Waals surface area contributed by atoms with Gasteiger partial charge in [-0.2, -0.15) is 0 Å². The molecule has 1 saturated heterocycles. The van der Waals surface area contributed by atoms with E-state index in [-0.39, 0.29) is 12.0 Å². The molecule has 1 aliphatic heterocycles. The zero-order chi connectivity index (χ0) is 29.4. The lowest BCUT2D eigenvalue weighted by Gasteiger charge is -2.50. The number of ether oxygens (including phenoxy) is 4. The second-order valence-corrected chi connectivity index (χ2v) is 12.8. The molecule has 6 nitrogen and oxygen atoms in total. The topological polar surface area (TPSA) is 71.1 Å². The third kappa shape index (κ3) is 6.21. The van der Waals surface area contributed by atoms with Crippen LogP contribution in [0, 0.1) is 11.3 Å². The average Bonchev–Trinajstić information content (AvgIpc) is 3.71. The number of benzene rings is 2. The summed E-state index contributed by atoms with van der Waals surface area (Å²) in [5, 5.41) is 0.628. The van der Waals surface area contributed by atoms with Gasteiger partial charge in [-0.1, -0.05) is 55.8 Å². The van der Waals surface area contributed by atoms with Crippen molar-refractivity contribution in [2.45, 2.75) is 109 Å². The molecule has 0 N–H and O–H groups in total. The van der Waals surface area contributed by atoms with Crippen molar-refractivity contribution >= 4 is 23.5 Å². The molecule has 1 heterocycles. The quantitative estimate of drug-likeness (QED) is 0.301. The Kier molecular flexibility index (Phi) is 8.84. The molecule has 2 saturated carbocycles. The van der Waals surface area contributed by atoms with Gasteiger partial charge in [-0.25, -0.2) is 0 Å². The molecular weight excluding hydrogens is 540 g/mol. The summed E-state index contributed by atoms with van der Waals surface area (Å²) >= 11 is 6.72. The van der Waals surface area contributed by atoms with Crippen molar-refractivity contribution in [1.29, 1.82) is 0 Å². The predicted octanol–water partition coefficient (Wildman–Crippen LogP) is 7.48. The van der Waals surface area contributed by atoms with Crippen molar-refractivity contribution in [1.82, 2.24) is 0 Å². The van der Waals surface area contributed by atoms with Gasteiger partial charge >= 0.3 is 11.9 Å². The van der Waals surface area contributed by atoms with Gasteiger partial charge in [0, 0.05) is 37.5 Å². The Morgan fingerprint density at radius 3 is 2.20 bits per heavy atom. The van der Waals surface area contributed by atoms with Gasteiger partial charge in [0.25, 0.3) is 0 Å². The molecule has 3 aliphatic rings. The first-order valence-corrected chi connectivity index (χ1v) is 15.4. The van der Waals surface area contributed by atoms with Gasteiger partial charge in [-0.05, 0) is 91.5 Å². The van der Waals surface area contributed by atoms with Gasteiger partial charge in [-0.3, -0.25) is 9.59 Å². The van der Waals surface area contributed by atoms with Gasteiger partial charge < -0.3 is 18.9 Å². The highest BCUT2D eigenvalue weighted by Gasteiger charge is 2.58. The fourth-order valence-electron chi connectivity index (χ4n) is 7.05. The number of carbonyl (C=O) groups is 2. The third-order valence-corrected chi connectivity index (χ3v) is 10.1. The summed E-state index contributed by atoms with van der Waals surface area (Å²) in [6.07, 6.45) is 7.41. The Hall–Kier alpha value is -2.41. The summed E-state index contributed by atoms with van der Waals surface area (Å²) in [5.41, 5.74) is 4.84. The molecule has 1 unspecified atom stereocenters. The normalized spacial score (nSPS) is 29.2. The Morgan fingerprint density at radius 2 is 1.63 bits per heavy atom. The molecule has 2 aliphatic carbocycles. The Bertz CT molecular complexity index is 1240. The number of hydrogen-bond donors (Lipinski definition) is 0. The standard InChI is InChI=1S/C34H43ClO6/c1-6-30-21(2)31(39-22(3)36)32(40-23(4)37)34(38-5,41-30)28-11-12-29(35)27(20-28)19-24-7-9-25(10-8-24)26-13-15-33(16-14-26)17-18-33/h7-12,20-21,26,30-32H,6,13-19H2,1-5H3/t21-,30-,31+,32-,34?/m1/s1. The van der Waals surface area contributed by atoms with Crippen molar-refractivity contribution < 1.29 is 28.5 Å². The van der Waals surface area contributed by atoms with E-state index in [9.17, 15) is 9.59 Å². The molecule has 0 aromatic heterocycles. The summed E-state index contributed by atoms with van der Waals surface area (Å²) in [6, 6.07) is 14.6. The fraction of sp³-hybridized carbons (Fsp3) is 0.588. The van der Waals surface area contributed by atoms with Crippen LogP contribution in [-0.2, 0) is 40.7 Å². The molecular formula is C34H43ClO6. The molecule has 41 heavy (non-hydrogen) atoms. The molecule has 5 atom stereocenters. The zero-order valence-electron chi connectivity index (χ0n) is 24.9. The fourth-order valence-corrected chi connectivity index (χ4v) is 7.24. The van der Waals surface area contributed by atoms with Crippen LogP contribution in [0.1, 0.15) is 101 Å². The summed E-state index contributed by atoms with van der Waals surface area (Å²) in [7, 11) is 1.52. The number of carbonyl (C=O) groups excluding carboxylic acids is 2. The van der Waals surface area contributed by atoms with E-state index in [1.165, 1.54) is 65.0 Å². The molecule has 222 valence electrons. The number of halogens is 1. The lowest BCUT2D eigenvalue weighted by atomic mass is 9.77. The van der Waals surface area contributed by atoms with Crippen LogP contribution in [0.25, 0.3) is 0 Å². The first-order chi connectivity index (χ1) is 19.6. The molecule has 2 aromatic carbocycles. The minimum atomic E-state index is -1.48. The van der Waals surface area contributed by atoms with Gasteiger partial charge in [0.1, 0.15) is 6.10 Å². The van der Waals surface area contributed by atoms with Crippen LogP contribution >= 0.6 is 11.6 Å². The van der Waals surface area contributed by atoms with E-state index in [1.807, 2.05) is 32.0 Å². The highest BCUT2D eigenvalue weighted by molar-refractivity contribution is 6.31. The zero-order valence-corrected chi connectivity index (χ0v) is 25.7. The third-order valence-electron chi connectivity index (χ3n) is 9.70. The first-order valence-electron chi connectivity index (χ1n) is 15.0. The molecule has 2 aromatic rings. The molecule has 0 radical (unpaired) electrons. The van der Waals surface area contributed by atoms with Gasteiger partial charge in [-0.15, -0.1) is 0 Å². The van der Waals surface area contributed by atoms with Crippen molar-refractivity contribution in [3.63, 3.8) is 0 Å². The Balaban J connectivity index is 1.43.